The van der Waals surface area contributed by atoms with E-state index in [1.54, 1.807) is 0 Å². The zero-order chi connectivity index (χ0) is 12.5. The second-order valence-electron chi connectivity index (χ2n) is 3.89. The van der Waals surface area contributed by atoms with Gasteiger partial charge in [0, 0.05) is 12.5 Å². The van der Waals surface area contributed by atoms with Crippen LogP contribution in [0.5, 0.6) is 5.75 Å². The van der Waals surface area contributed by atoms with E-state index >= 15 is 0 Å². The first-order chi connectivity index (χ1) is 8.31. The van der Waals surface area contributed by atoms with Crippen LogP contribution in [0.3, 0.4) is 0 Å². The zero-order valence-corrected chi connectivity index (χ0v) is 10.9. The quantitative estimate of drug-likeness (QED) is 0.759. The molecule has 0 saturated carbocycles. The Labute approximate surface area is 104 Å². The Bertz CT molecular complexity index is 389. The molecule has 17 heavy (non-hydrogen) atoms. The molecule has 0 spiro atoms. The van der Waals surface area contributed by atoms with Crippen molar-refractivity contribution in [2.24, 2.45) is 0 Å². The molecule has 1 unspecified atom stereocenters. The van der Waals surface area contributed by atoms with Gasteiger partial charge < -0.3 is 10.1 Å². The highest BCUT2D eigenvalue weighted by atomic mass is 16.5. The summed E-state index contributed by atoms with van der Waals surface area (Å²) in [6.07, 6.45) is 1.85. The molecule has 1 aromatic rings. The molecule has 1 aromatic carbocycles. The molecule has 0 heterocycles. The van der Waals surface area contributed by atoms with Crippen LogP contribution >= 0.6 is 0 Å². The SMILES string of the molecule is CC#CCC(NC)c1cccc(OCCC)c1. The van der Waals surface area contributed by atoms with Crippen LogP contribution in [0, 0.1) is 11.8 Å². The van der Waals surface area contributed by atoms with Crippen molar-refractivity contribution < 1.29 is 4.74 Å². The lowest BCUT2D eigenvalue weighted by atomic mass is 10.0. The van der Waals surface area contributed by atoms with Gasteiger partial charge in [-0.2, -0.15) is 0 Å². The van der Waals surface area contributed by atoms with Crippen molar-refractivity contribution in [1.82, 2.24) is 5.32 Å². The molecule has 1 N–H and O–H groups in total. The van der Waals surface area contributed by atoms with Crippen molar-refractivity contribution in [3.8, 4) is 17.6 Å². The maximum Gasteiger partial charge on any atom is 0.119 e. The van der Waals surface area contributed by atoms with Gasteiger partial charge in [-0.1, -0.05) is 19.1 Å². The normalized spacial score (nSPS) is 11.5. The molecule has 1 atom stereocenters. The fraction of sp³-hybridized carbons (Fsp3) is 0.467. The van der Waals surface area contributed by atoms with Gasteiger partial charge in [0.2, 0.25) is 0 Å². The highest BCUT2D eigenvalue weighted by Gasteiger charge is 2.08. The van der Waals surface area contributed by atoms with Crippen molar-refractivity contribution in [2.75, 3.05) is 13.7 Å². The third-order valence-electron chi connectivity index (χ3n) is 2.56. The second kappa shape index (κ2) is 7.76. The van der Waals surface area contributed by atoms with E-state index in [1.807, 2.05) is 26.1 Å². The summed E-state index contributed by atoms with van der Waals surface area (Å²) in [7, 11) is 1.96. The van der Waals surface area contributed by atoms with Crippen molar-refractivity contribution in [1.29, 1.82) is 0 Å². The molecule has 2 nitrogen and oxygen atoms in total. The molecular formula is C15H21NO. The van der Waals surface area contributed by atoms with Crippen LogP contribution in [-0.2, 0) is 0 Å². The van der Waals surface area contributed by atoms with E-state index in [4.69, 9.17) is 4.74 Å². The predicted molar refractivity (Wildman–Crippen MR) is 72.1 cm³/mol. The zero-order valence-electron chi connectivity index (χ0n) is 10.9. The van der Waals surface area contributed by atoms with Crippen LogP contribution < -0.4 is 10.1 Å². The van der Waals surface area contributed by atoms with Crippen LogP contribution in [0.15, 0.2) is 24.3 Å². The molecule has 0 amide bonds. The molecule has 0 fully saturated rings. The predicted octanol–water partition coefficient (Wildman–Crippen LogP) is 3.15. The Hall–Kier alpha value is -1.46. The Morgan fingerprint density at radius 1 is 1.41 bits per heavy atom. The van der Waals surface area contributed by atoms with Crippen molar-refractivity contribution >= 4 is 0 Å². The molecule has 0 aliphatic carbocycles. The smallest absolute Gasteiger partial charge is 0.119 e. The summed E-state index contributed by atoms with van der Waals surface area (Å²) in [5, 5.41) is 3.28. The molecule has 0 aliphatic heterocycles. The Kier molecular flexibility index (Phi) is 6.21. The van der Waals surface area contributed by atoms with Crippen molar-refractivity contribution in [3.05, 3.63) is 29.8 Å². The van der Waals surface area contributed by atoms with Crippen molar-refractivity contribution in [3.63, 3.8) is 0 Å². The van der Waals surface area contributed by atoms with Gasteiger partial charge in [-0.15, -0.1) is 11.8 Å². The molecule has 0 aliphatic rings. The van der Waals surface area contributed by atoms with Crippen LogP contribution in [0.4, 0.5) is 0 Å². The van der Waals surface area contributed by atoms with E-state index in [-0.39, 0.29) is 6.04 Å². The first-order valence-corrected chi connectivity index (χ1v) is 6.11. The average molecular weight is 231 g/mol. The first-order valence-electron chi connectivity index (χ1n) is 6.11. The molecule has 0 radical (unpaired) electrons. The third kappa shape index (κ3) is 4.50. The van der Waals surface area contributed by atoms with Gasteiger partial charge in [-0.25, -0.2) is 0 Å². The third-order valence-corrected chi connectivity index (χ3v) is 2.56. The van der Waals surface area contributed by atoms with E-state index < -0.39 is 0 Å². The lowest BCUT2D eigenvalue weighted by molar-refractivity contribution is 0.317. The number of hydrogen-bond acceptors (Lipinski definition) is 2. The Balaban J connectivity index is 2.75. The molecular weight excluding hydrogens is 210 g/mol. The highest BCUT2D eigenvalue weighted by Crippen LogP contribution is 2.21. The van der Waals surface area contributed by atoms with Gasteiger partial charge in [-0.05, 0) is 38.1 Å². The van der Waals surface area contributed by atoms with Crippen LogP contribution in [0.2, 0.25) is 0 Å². The molecule has 1 rings (SSSR count). The summed E-state index contributed by atoms with van der Waals surface area (Å²) in [6.45, 7) is 4.74. The van der Waals surface area contributed by atoms with Crippen LogP contribution in [0.1, 0.15) is 38.3 Å². The minimum Gasteiger partial charge on any atom is -0.494 e. The summed E-state index contributed by atoms with van der Waals surface area (Å²) in [5.41, 5.74) is 1.23. The monoisotopic (exact) mass is 231 g/mol. The van der Waals surface area contributed by atoms with E-state index in [1.165, 1.54) is 5.56 Å². The second-order valence-corrected chi connectivity index (χ2v) is 3.89. The van der Waals surface area contributed by atoms with Gasteiger partial charge in [0.05, 0.1) is 6.61 Å². The molecule has 0 aromatic heterocycles. The molecule has 0 bridgehead atoms. The van der Waals surface area contributed by atoms with E-state index in [9.17, 15) is 0 Å². The number of nitrogens with one attached hydrogen (secondary N) is 1. The van der Waals surface area contributed by atoms with Gasteiger partial charge in [0.25, 0.3) is 0 Å². The summed E-state index contributed by atoms with van der Waals surface area (Å²) < 4.78 is 5.63. The summed E-state index contributed by atoms with van der Waals surface area (Å²) in [4.78, 5) is 0. The number of benzene rings is 1. The molecule has 92 valence electrons. The topological polar surface area (TPSA) is 21.3 Å². The number of rotatable bonds is 6. The summed E-state index contributed by atoms with van der Waals surface area (Å²) in [6, 6.07) is 8.50. The largest absolute Gasteiger partial charge is 0.494 e. The number of ether oxygens (including phenoxy) is 1. The molecule has 2 heteroatoms. The maximum atomic E-state index is 5.63. The summed E-state index contributed by atoms with van der Waals surface area (Å²) >= 11 is 0. The standard InChI is InChI=1S/C15H21NO/c1-4-6-10-15(16-3)13-8-7-9-14(12-13)17-11-5-2/h7-9,12,15-16H,5,10-11H2,1-3H3. The fourth-order valence-corrected chi connectivity index (χ4v) is 1.63. The Morgan fingerprint density at radius 2 is 2.24 bits per heavy atom. The average Bonchev–Trinajstić information content (AvgIpc) is 2.38. The molecule has 0 saturated heterocycles. The number of hydrogen-bond donors (Lipinski definition) is 1. The van der Waals surface area contributed by atoms with Gasteiger partial charge in [0.1, 0.15) is 5.75 Å². The first kappa shape index (κ1) is 13.6. The van der Waals surface area contributed by atoms with E-state index in [2.05, 4.69) is 36.2 Å². The van der Waals surface area contributed by atoms with Crippen molar-refractivity contribution in [2.45, 2.75) is 32.7 Å². The van der Waals surface area contributed by atoms with Crippen LogP contribution in [-0.4, -0.2) is 13.7 Å². The summed E-state index contributed by atoms with van der Waals surface area (Å²) in [5.74, 6) is 6.98. The van der Waals surface area contributed by atoms with Gasteiger partial charge >= 0.3 is 0 Å². The van der Waals surface area contributed by atoms with E-state index in [0.717, 1.165) is 25.2 Å². The minimum absolute atomic E-state index is 0.271. The lowest BCUT2D eigenvalue weighted by Crippen LogP contribution is -2.15. The Morgan fingerprint density at radius 3 is 2.88 bits per heavy atom. The van der Waals surface area contributed by atoms with Gasteiger partial charge in [-0.3, -0.25) is 0 Å². The van der Waals surface area contributed by atoms with Crippen LogP contribution in [0.25, 0.3) is 0 Å². The highest BCUT2D eigenvalue weighted by molar-refractivity contribution is 5.31. The minimum atomic E-state index is 0.271. The van der Waals surface area contributed by atoms with Gasteiger partial charge in [0.15, 0.2) is 0 Å². The fourth-order valence-electron chi connectivity index (χ4n) is 1.63. The lowest BCUT2D eigenvalue weighted by Gasteiger charge is -2.15. The van der Waals surface area contributed by atoms with E-state index in [0.29, 0.717) is 0 Å². The maximum absolute atomic E-state index is 5.63.